The van der Waals surface area contributed by atoms with Crippen molar-refractivity contribution in [3.8, 4) is 0 Å². The molecule has 0 bridgehead atoms. The molecule has 1 aliphatic carbocycles. The Morgan fingerprint density at radius 2 is 1.93 bits per heavy atom. The molecule has 1 amide bonds. The largest absolute Gasteiger partial charge is 0.416 e. The molecule has 0 fully saturated rings. The molecule has 2 atom stereocenters. The summed E-state index contributed by atoms with van der Waals surface area (Å²) in [5, 5.41) is 12.3. The molecule has 4 nitrogen and oxygen atoms in total. The Kier molecular flexibility index (Phi) is 5.14. The van der Waals surface area contributed by atoms with Crippen LogP contribution in [0.3, 0.4) is 0 Å². The maximum atomic E-state index is 13.3. The van der Waals surface area contributed by atoms with E-state index >= 15 is 0 Å². The van der Waals surface area contributed by atoms with Gasteiger partial charge in [0.05, 0.1) is 23.3 Å². The van der Waals surface area contributed by atoms with Crippen LogP contribution in [0.2, 0.25) is 0 Å². The fourth-order valence-corrected chi connectivity index (χ4v) is 3.18. The van der Waals surface area contributed by atoms with E-state index in [-0.39, 0.29) is 24.1 Å². The zero-order valence-electron chi connectivity index (χ0n) is 13.9. The van der Waals surface area contributed by atoms with E-state index in [1.165, 1.54) is 6.07 Å². The second-order valence-electron chi connectivity index (χ2n) is 6.27. The number of aliphatic hydroxyl groups is 1. The number of carbonyl (C=O) groups excluding carboxylic acids is 1. The number of alkyl halides is 3. The van der Waals surface area contributed by atoms with E-state index in [9.17, 15) is 31.9 Å². The van der Waals surface area contributed by atoms with Gasteiger partial charge < -0.3 is 10.4 Å². The van der Waals surface area contributed by atoms with Gasteiger partial charge >= 0.3 is 6.18 Å². The molecule has 2 N–H and O–H groups in total. The molecule has 1 aromatic carbocycles. The zero-order valence-corrected chi connectivity index (χ0v) is 13.9. The lowest BCUT2D eigenvalue weighted by Crippen LogP contribution is -2.33. The van der Waals surface area contributed by atoms with Crippen LogP contribution in [0.15, 0.2) is 30.3 Å². The van der Waals surface area contributed by atoms with E-state index in [1.807, 2.05) is 0 Å². The number of nitrogens with zero attached hydrogens (tertiary/aromatic N) is 1. The molecule has 0 saturated heterocycles. The Hall–Kier alpha value is -2.55. The van der Waals surface area contributed by atoms with E-state index < -0.39 is 48.0 Å². The third-order valence-corrected chi connectivity index (χ3v) is 4.49. The molecule has 1 aliphatic rings. The highest BCUT2D eigenvalue weighted by Gasteiger charge is 2.35. The van der Waals surface area contributed by atoms with Crippen LogP contribution >= 0.6 is 0 Å². The summed E-state index contributed by atoms with van der Waals surface area (Å²) in [4.78, 5) is 16.1. The van der Waals surface area contributed by atoms with Crippen LogP contribution in [0.4, 0.5) is 22.0 Å². The minimum Gasteiger partial charge on any atom is -0.387 e. The van der Waals surface area contributed by atoms with Gasteiger partial charge in [-0.1, -0.05) is 12.1 Å². The molecule has 9 heteroatoms. The number of nitrogens with one attached hydrogen (secondary N) is 1. The molecule has 3 rings (SSSR count). The van der Waals surface area contributed by atoms with Crippen molar-refractivity contribution >= 4 is 5.91 Å². The Bertz CT molecular complexity index is 869. The number of halogens is 5. The average Bonchev–Trinajstić information content (AvgIpc) is 2.60. The number of benzene rings is 1. The van der Waals surface area contributed by atoms with Crippen LogP contribution in [-0.2, 0) is 17.5 Å². The number of fused-ring (bicyclic) bond motifs is 1. The van der Waals surface area contributed by atoms with Crippen LogP contribution in [0.25, 0.3) is 0 Å². The lowest BCUT2D eigenvalue weighted by molar-refractivity contribution is -0.138. The van der Waals surface area contributed by atoms with Crippen molar-refractivity contribution in [1.82, 2.24) is 10.3 Å². The highest BCUT2D eigenvalue weighted by atomic mass is 19.4. The quantitative estimate of drug-likeness (QED) is 0.626. The molecule has 0 aliphatic heterocycles. The van der Waals surface area contributed by atoms with Gasteiger partial charge in [0, 0.05) is 6.54 Å². The monoisotopic (exact) mass is 386 g/mol. The molecule has 2 aromatic rings. The summed E-state index contributed by atoms with van der Waals surface area (Å²) >= 11 is 0. The third-order valence-electron chi connectivity index (χ3n) is 4.49. The van der Waals surface area contributed by atoms with Gasteiger partial charge in [-0.2, -0.15) is 17.6 Å². The van der Waals surface area contributed by atoms with E-state index in [1.54, 1.807) is 0 Å². The highest BCUT2D eigenvalue weighted by molar-refractivity contribution is 5.84. The van der Waals surface area contributed by atoms with Crippen molar-refractivity contribution in [2.24, 2.45) is 0 Å². The summed E-state index contributed by atoms with van der Waals surface area (Å²) in [5.74, 6) is -3.17. The number of aromatic nitrogens is 1. The predicted molar refractivity (Wildman–Crippen MR) is 84.4 cm³/mol. The zero-order chi connectivity index (χ0) is 19.8. The fourth-order valence-electron chi connectivity index (χ4n) is 3.18. The van der Waals surface area contributed by atoms with Gasteiger partial charge in [-0.15, -0.1) is 0 Å². The Morgan fingerprint density at radius 1 is 1.19 bits per heavy atom. The molecule has 1 aromatic heterocycles. The van der Waals surface area contributed by atoms with E-state index in [2.05, 4.69) is 10.3 Å². The number of carbonyl (C=O) groups is 1. The van der Waals surface area contributed by atoms with Gasteiger partial charge in [0.15, 0.2) is 0 Å². The summed E-state index contributed by atoms with van der Waals surface area (Å²) in [6.45, 7) is -0.447. The van der Waals surface area contributed by atoms with Gasteiger partial charge in [0.25, 0.3) is 0 Å². The molecule has 0 saturated carbocycles. The number of hydrogen-bond acceptors (Lipinski definition) is 3. The number of rotatable bonds is 3. The summed E-state index contributed by atoms with van der Waals surface area (Å²) < 4.78 is 65.6. The lowest BCUT2D eigenvalue weighted by Gasteiger charge is -2.27. The normalized spacial score (nSPS) is 19.5. The van der Waals surface area contributed by atoms with Gasteiger partial charge in [-0.05, 0) is 42.2 Å². The topological polar surface area (TPSA) is 62.2 Å². The second kappa shape index (κ2) is 7.22. The number of pyridine rings is 1. The van der Waals surface area contributed by atoms with E-state index in [0.717, 1.165) is 18.2 Å². The standard InChI is InChI=1S/C18H15F5N2O2/c19-10-2-1-9(13(7-10)18(21,22)23)8-24-17(27)12-3-5-14(26)16-11(12)4-6-15(20)25-16/h1-2,4,6-7,12,14,26H,3,5,8H2,(H,24,27)/t12-,14-/m1/s1. The highest BCUT2D eigenvalue weighted by Crippen LogP contribution is 2.37. The lowest BCUT2D eigenvalue weighted by atomic mass is 9.83. The first-order chi connectivity index (χ1) is 12.7. The first-order valence-electron chi connectivity index (χ1n) is 8.14. The van der Waals surface area contributed by atoms with Crippen LogP contribution in [0.5, 0.6) is 0 Å². The Labute approximate surface area is 151 Å². The molecule has 0 unspecified atom stereocenters. The SMILES string of the molecule is O=C(NCc1ccc(F)cc1C(F)(F)F)[C@@H]1CC[C@@H](O)c2nc(F)ccc21. The number of aliphatic hydroxyl groups excluding tert-OH is 1. The van der Waals surface area contributed by atoms with Crippen LogP contribution in [0.1, 0.15) is 47.2 Å². The van der Waals surface area contributed by atoms with Crippen molar-refractivity contribution < 1.29 is 31.9 Å². The van der Waals surface area contributed by atoms with Crippen molar-refractivity contribution in [2.45, 2.75) is 37.6 Å². The van der Waals surface area contributed by atoms with Crippen molar-refractivity contribution in [3.05, 3.63) is 64.5 Å². The fraction of sp³-hybridized carbons (Fsp3) is 0.333. The minimum atomic E-state index is -4.76. The van der Waals surface area contributed by atoms with Gasteiger partial charge in [-0.25, -0.2) is 9.37 Å². The second-order valence-corrected chi connectivity index (χ2v) is 6.27. The van der Waals surface area contributed by atoms with Gasteiger partial charge in [0.2, 0.25) is 11.9 Å². The smallest absolute Gasteiger partial charge is 0.387 e. The number of amides is 1. The molecule has 144 valence electrons. The van der Waals surface area contributed by atoms with Crippen LogP contribution in [-0.4, -0.2) is 16.0 Å². The average molecular weight is 386 g/mol. The maximum absolute atomic E-state index is 13.3. The van der Waals surface area contributed by atoms with Gasteiger partial charge in [-0.3, -0.25) is 4.79 Å². The maximum Gasteiger partial charge on any atom is 0.416 e. The summed E-state index contributed by atoms with van der Waals surface area (Å²) in [7, 11) is 0. The molecule has 0 spiro atoms. The molecular formula is C18H15F5N2O2. The first kappa shape index (κ1) is 19.2. The third kappa shape index (κ3) is 4.08. The summed E-state index contributed by atoms with van der Waals surface area (Å²) in [6.07, 6.45) is -5.35. The Balaban J connectivity index is 1.79. The van der Waals surface area contributed by atoms with Crippen molar-refractivity contribution in [3.63, 3.8) is 0 Å². The van der Waals surface area contributed by atoms with E-state index in [0.29, 0.717) is 11.6 Å². The Morgan fingerprint density at radius 3 is 2.63 bits per heavy atom. The molecule has 0 radical (unpaired) electrons. The summed E-state index contributed by atoms with van der Waals surface area (Å²) in [5.41, 5.74) is -1.04. The predicted octanol–water partition coefficient (Wildman–Crippen LogP) is 3.61. The molecular weight excluding hydrogens is 371 g/mol. The van der Waals surface area contributed by atoms with Crippen molar-refractivity contribution in [2.75, 3.05) is 0 Å². The van der Waals surface area contributed by atoms with Gasteiger partial charge in [0.1, 0.15) is 5.82 Å². The molecule has 27 heavy (non-hydrogen) atoms. The molecule has 1 heterocycles. The van der Waals surface area contributed by atoms with Crippen LogP contribution < -0.4 is 5.32 Å². The first-order valence-corrected chi connectivity index (χ1v) is 8.14. The number of hydrogen-bond donors (Lipinski definition) is 2. The van der Waals surface area contributed by atoms with Crippen molar-refractivity contribution in [1.29, 1.82) is 0 Å². The van der Waals surface area contributed by atoms with E-state index in [4.69, 9.17) is 0 Å². The minimum absolute atomic E-state index is 0.0548. The van der Waals surface area contributed by atoms with Crippen LogP contribution in [0, 0.1) is 11.8 Å². The summed E-state index contributed by atoms with van der Waals surface area (Å²) in [6, 6.07) is 4.62.